The summed E-state index contributed by atoms with van der Waals surface area (Å²) in [6.45, 7) is 6.98. The molecule has 0 spiro atoms. The van der Waals surface area contributed by atoms with Gasteiger partial charge in [0, 0.05) is 85.4 Å². The Morgan fingerprint density at radius 2 is 1.78 bits per heavy atom. The van der Waals surface area contributed by atoms with Crippen LogP contribution in [0.2, 0.25) is 0 Å². The zero-order valence-corrected chi connectivity index (χ0v) is 29.6. The second-order valence-corrected chi connectivity index (χ2v) is 14.2. The van der Waals surface area contributed by atoms with E-state index in [0.717, 1.165) is 61.3 Å². The van der Waals surface area contributed by atoms with Crippen LogP contribution in [0.15, 0.2) is 59.4 Å². The van der Waals surface area contributed by atoms with Crippen LogP contribution in [0, 0.1) is 0 Å². The number of H-pyrrole nitrogens is 1. The van der Waals surface area contributed by atoms with Crippen LogP contribution in [0.5, 0.6) is 0 Å². The normalized spacial score (nSPS) is 16.9. The molecule has 264 valence electrons. The molecule has 1 unspecified atom stereocenters. The average molecular weight is 687 g/mol. The monoisotopic (exact) mass is 686 g/mol. The van der Waals surface area contributed by atoms with Gasteiger partial charge in [0.25, 0.3) is 5.56 Å². The Morgan fingerprint density at radius 3 is 2.59 bits per heavy atom. The second-order valence-electron chi connectivity index (χ2n) is 14.2. The van der Waals surface area contributed by atoms with E-state index in [0.29, 0.717) is 48.8 Å². The molecule has 2 saturated heterocycles. The van der Waals surface area contributed by atoms with Gasteiger partial charge >= 0.3 is 0 Å². The highest BCUT2D eigenvalue weighted by molar-refractivity contribution is 6.09. The summed E-state index contributed by atoms with van der Waals surface area (Å²) < 4.78 is 4.58. The van der Waals surface area contributed by atoms with E-state index in [4.69, 9.17) is 9.97 Å². The predicted octanol–water partition coefficient (Wildman–Crippen LogP) is 5.61. The van der Waals surface area contributed by atoms with Crippen LogP contribution in [0.4, 0.5) is 0 Å². The number of aromatic amines is 1. The van der Waals surface area contributed by atoms with Crippen molar-refractivity contribution >= 4 is 55.7 Å². The summed E-state index contributed by atoms with van der Waals surface area (Å²) >= 11 is 0. The number of para-hydroxylation sites is 1. The summed E-state index contributed by atoms with van der Waals surface area (Å²) in [5.74, 6) is 1.00. The van der Waals surface area contributed by atoms with Crippen LogP contribution in [-0.2, 0) is 29.1 Å². The summed E-state index contributed by atoms with van der Waals surface area (Å²) in [5.41, 5.74) is 6.43. The molecule has 11 heteroatoms. The smallest absolute Gasteiger partial charge is 0.270 e. The second kappa shape index (κ2) is 13.9. The summed E-state index contributed by atoms with van der Waals surface area (Å²) in [5, 5.41) is 5.42. The summed E-state index contributed by atoms with van der Waals surface area (Å²) in [4.78, 5) is 55.5. The van der Waals surface area contributed by atoms with Crippen LogP contribution < -0.4 is 10.9 Å². The lowest BCUT2D eigenvalue weighted by Gasteiger charge is -2.19. The van der Waals surface area contributed by atoms with Gasteiger partial charge < -0.3 is 29.2 Å². The lowest BCUT2D eigenvalue weighted by molar-refractivity contribution is -0.127. The molecule has 2 fully saturated rings. The van der Waals surface area contributed by atoms with Gasteiger partial charge in [-0.25, -0.2) is 9.97 Å². The molecule has 0 saturated carbocycles. The minimum Gasteiger partial charge on any atom is -0.356 e. The van der Waals surface area contributed by atoms with E-state index < -0.39 is 0 Å². The van der Waals surface area contributed by atoms with Gasteiger partial charge in [-0.05, 0) is 89.0 Å². The molecule has 2 amide bonds. The quantitative estimate of drug-likeness (QED) is 0.173. The highest BCUT2D eigenvalue weighted by Crippen LogP contribution is 2.34. The van der Waals surface area contributed by atoms with E-state index in [9.17, 15) is 14.4 Å². The Hall–Kier alpha value is -5.03. The van der Waals surface area contributed by atoms with E-state index in [1.54, 1.807) is 0 Å². The van der Waals surface area contributed by atoms with Crippen molar-refractivity contribution in [1.29, 1.82) is 0 Å². The number of rotatable bonds is 12. The molecule has 0 aliphatic carbocycles. The molecule has 0 bridgehead atoms. The first-order valence-electron chi connectivity index (χ1n) is 18.6. The molecular formula is C40H46N8O3. The van der Waals surface area contributed by atoms with E-state index in [2.05, 4.69) is 80.8 Å². The maximum Gasteiger partial charge on any atom is 0.270 e. The van der Waals surface area contributed by atoms with Crippen LogP contribution in [0.1, 0.15) is 57.6 Å². The number of aromatic nitrogens is 5. The van der Waals surface area contributed by atoms with Gasteiger partial charge in [-0.2, -0.15) is 0 Å². The van der Waals surface area contributed by atoms with E-state index in [-0.39, 0.29) is 30.2 Å². The third-order valence-electron chi connectivity index (χ3n) is 11.0. The molecule has 0 radical (unpaired) electrons. The first kappa shape index (κ1) is 33.1. The molecule has 2 aliphatic heterocycles. The van der Waals surface area contributed by atoms with Gasteiger partial charge in [0.1, 0.15) is 11.5 Å². The van der Waals surface area contributed by atoms with Crippen molar-refractivity contribution in [3.8, 4) is 11.4 Å². The number of nitrogens with one attached hydrogen (secondary N) is 2. The number of carbonyl (C=O) groups excluding carboxylic acids is 2. The first-order chi connectivity index (χ1) is 24.9. The summed E-state index contributed by atoms with van der Waals surface area (Å²) in [6.07, 6.45) is 6.12. The number of hydrogen-bond donors (Lipinski definition) is 2. The fourth-order valence-corrected chi connectivity index (χ4v) is 8.30. The predicted molar refractivity (Wildman–Crippen MR) is 202 cm³/mol. The zero-order chi connectivity index (χ0) is 35.1. The number of benzene rings is 3. The number of amides is 2. The summed E-state index contributed by atoms with van der Waals surface area (Å²) in [7, 11) is 2.14. The number of fused-ring (bicyclic) bond motifs is 5. The largest absolute Gasteiger partial charge is 0.356 e. The van der Waals surface area contributed by atoms with Gasteiger partial charge in [-0.15, -0.1) is 0 Å². The molecule has 8 rings (SSSR count). The van der Waals surface area contributed by atoms with Crippen molar-refractivity contribution in [2.24, 2.45) is 0 Å². The molecule has 11 nitrogen and oxygen atoms in total. The maximum atomic E-state index is 13.1. The number of nitrogens with zero attached hydrogens (tertiary/aromatic N) is 6. The Bertz CT molecular complexity index is 2340. The van der Waals surface area contributed by atoms with Crippen molar-refractivity contribution < 1.29 is 9.59 Å². The molecule has 51 heavy (non-hydrogen) atoms. The third-order valence-corrected chi connectivity index (χ3v) is 11.0. The highest BCUT2D eigenvalue weighted by atomic mass is 16.2. The fourth-order valence-electron chi connectivity index (χ4n) is 8.30. The number of imidazole rings is 1. The van der Waals surface area contributed by atoms with Crippen molar-refractivity contribution in [3.63, 3.8) is 0 Å². The molecule has 3 aromatic heterocycles. The highest BCUT2D eigenvalue weighted by Gasteiger charge is 2.22. The van der Waals surface area contributed by atoms with Crippen molar-refractivity contribution in [2.75, 3.05) is 33.2 Å². The molecule has 5 heterocycles. The fraction of sp³-hybridized carbons (Fsp3) is 0.425. The van der Waals surface area contributed by atoms with Crippen LogP contribution in [-0.4, -0.2) is 85.0 Å². The lowest BCUT2D eigenvalue weighted by Crippen LogP contribution is -2.32. The van der Waals surface area contributed by atoms with Crippen molar-refractivity contribution in [2.45, 2.75) is 77.4 Å². The Kier molecular flexibility index (Phi) is 9.06. The molecule has 1 atom stereocenters. The average Bonchev–Trinajstić information content (AvgIpc) is 3.91. The zero-order valence-electron chi connectivity index (χ0n) is 29.6. The lowest BCUT2D eigenvalue weighted by atomic mass is 10.1. The van der Waals surface area contributed by atoms with Crippen molar-refractivity contribution in [1.82, 2.24) is 39.2 Å². The standard InChI is InChI=1S/C40H46N8O3/c1-3-47-34-11-5-4-10-28(34)29-23-26(13-15-35(29)47)39-43-33-24-31-32(25-36(33)48(39)22-8-21-46-20-7-12-38(46)50)42-30(40(51)44-31)14-16-37(49)41-18-17-27-9-6-19-45(27)2/h4-5,10-11,13,15,23-25,27H,3,6-9,12,14,16-22H2,1-2H3,(H,41,49)(H,44,51). The number of likely N-dealkylation sites (tertiary alicyclic amines) is 2. The van der Waals surface area contributed by atoms with Gasteiger partial charge in [-0.3, -0.25) is 14.4 Å². The van der Waals surface area contributed by atoms with E-state index in [1.165, 1.54) is 34.6 Å². The van der Waals surface area contributed by atoms with Gasteiger partial charge in [0.05, 0.1) is 22.1 Å². The Labute approximate surface area is 296 Å². The third kappa shape index (κ3) is 6.39. The minimum atomic E-state index is -0.282. The number of aryl methyl sites for hydroxylation is 3. The van der Waals surface area contributed by atoms with Gasteiger partial charge in [0.15, 0.2) is 0 Å². The first-order valence-corrected chi connectivity index (χ1v) is 18.6. The topological polar surface area (TPSA) is 121 Å². The summed E-state index contributed by atoms with van der Waals surface area (Å²) in [6, 6.07) is 19.5. The Morgan fingerprint density at radius 1 is 0.922 bits per heavy atom. The van der Waals surface area contributed by atoms with Gasteiger partial charge in [0.2, 0.25) is 11.8 Å². The van der Waals surface area contributed by atoms with Crippen LogP contribution in [0.3, 0.4) is 0 Å². The molecule has 6 aromatic rings. The van der Waals surface area contributed by atoms with E-state index in [1.807, 2.05) is 17.0 Å². The SMILES string of the molecule is CCn1c2ccccc2c2cc(-c3nc4cc5[nH]c(=O)c(CCC(=O)NCCC6CCCN6C)nc5cc4n3CCCN3CCCC3=O)ccc21. The van der Waals surface area contributed by atoms with Gasteiger partial charge in [-0.1, -0.05) is 18.2 Å². The van der Waals surface area contributed by atoms with E-state index >= 15 is 0 Å². The Balaban J connectivity index is 1.11. The van der Waals surface area contributed by atoms with Crippen LogP contribution in [0.25, 0.3) is 55.3 Å². The molecular weight excluding hydrogens is 640 g/mol. The number of hydrogen-bond acceptors (Lipinski definition) is 6. The minimum absolute atomic E-state index is 0.0642. The maximum absolute atomic E-state index is 13.1. The molecule has 3 aromatic carbocycles. The molecule has 2 aliphatic rings. The molecule has 2 N–H and O–H groups in total. The van der Waals surface area contributed by atoms with Crippen molar-refractivity contribution in [3.05, 3.63) is 70.6 Å². The van der Waals surface area contributed by atoms with Crippen LogP contribution >= 0.6 is 0 Å². The number of carbonyl (C=O) groups is 2.